The van der Waals surface area contributed by atoms with Crippen LogP contribution in [-0.2, 0) is 0 Å². The van der Waals surface area contributed by atoms with Crippen LogP contribution in [0.15, 0.2) is 18.3 Å². The lowest BCUT2D eigenvalue weighted by molar-refractivity contribution is 0.0939. The lowest BCUT2D eigenvalue weighted by Gasteiger charge is -2.10. The monoisotopic (exact) mass is 279 g/mol. The first-order valence-electron chi connectivity index (χ1n) is 5.50. The van der Waals surface area contributed by atoms with E-state index in [-0.39, 0.29) is 11.9 Å². The molecule has 0 spiro atoms. The molecular weight excluding hydrogens is 266 g/mol. The molecule has 2 aromatic heterocycles. The normalized spacial score (nSPS) is 11.9. The Morgan fingerprint density at radius 3 is 2.95 bits per heavy atom. The zero-order valence-corrected chi connectivity index (χ0v) is 11.3. The van der Waals surface area contributed by atoms with Gasteiger partial charge in [0.15, 0.2) is 0 Å². The molecule has 8 heteroatoms. The van der Waals surface area contributed by atoms with E-state index in [0.29, 0.717) is 21.6 Å². The molecule has 0 aliphatic heterocycles. The second kappa shape index (κ2) is 5.61. The summed E-state index contributed by atoms with van der Waals surface area (Å²) < 4.78 is 4.97. The Balaban J connectivity index is 2.08. The third kappa shape index (κ3) is 3.16. The summed E-state index contributed by atoms with van der Waals surface area (Å²) in [5, 5.41) is 11.4. The molecule has 1 atom stereocenters. The number of ether oxygens (including phenoxy) is 1. The minimum absolute atomic E-state index is 0.234. The Kier molecular flexibility index (Phi) is 3.91. The molecular formula is C11H13N5O2S. The number of carbonyl (C=O) groups excluding carboxylic acids is 1. The smallest absolute Gasteiger partial charge is 0.252 e. The minimum Gasteiger partial charge on any atom is -0.481 e. The first-order valence-corrected chi connectivity index (χ1v) is 6.31. The number of carbonyl (C=O) groups is 1. The minimum atomic E-state index is -0.263. The molecule has 0 aliphatic carbocycles. The van der Waals surface area contributed by atoms with Gasteiger partial charge in [0.05, 0.1) is 13.2 Å². The summed E-state index contributed by atoms with van der Waals surface area (Å²) >= 11 is 1.24. The zero-order chi connectivity index (χ0) is 13.8. The van der Waals surface area contributed by atoms with Crippen molar-refractivity contribution < 1.29 is 9.53 Å². The van der Waals surface area contributed by atoms with Crippen molar-refractivity contribution in [1.82, 2.24) is 20.5 Å². The van der Waals surface area contributed by atoms with E-state index >= 15 is 0 Å². The van der Waals surface area contributed by atoms with Gasteiger partial charge in [-0.1, -0.05) is 11.3 Å². The fourth-order valence-electron chi connectivity index (χ4n) is 1.43. The Morgan fingerprint density at radius 1 is 1.53 bits per heavy atom. The maximum Gasteiger partial charge on any atom is 0.252 e. The van der Waals surface area contributed by atoms with Crippen LogP contribution in [-0.4, -0.2) is 28.2 Å². The van der Waals surface area contributed by atoms with Crippen LogP contribution in [0.25, 0.3) is 0 Å². The quantitative estimate of drug-likeness (QED) is 0.866. The van der Waals surface area contributed by atoms with Crippen LogP contribution >= 0.6 is 11.3 Å². The van der Waals surface area contributed by atoms with Gasteiger partial charge in [-0.2, -0.15) is 0 Å². The predicted octanol–water partition coefficient (Wildman–Crippen LogP) is 1.01. The van der Waals surface area contributed by atoms with Crippen molar-refractivity contribution in [2.24, 2.45) is 0 Å². The van der Waals surface area contributed by atoms with Crippen molar-refractivity contribution in [2.45, 2.75) is 13.0 Å². The largest absolute Gasteiger partial charge is 0.481 e. The molecule has 19 heavy (non-hydrogen) atoms. The molecule has 2 aromatic rings. The van der Waals surface area contributed by atoms with Gasteiger partial charge in [0.2, 0.25) is 11.0 Å². The van der Waals surface area contributed by atoms with Crippen molar-refractivity contribution in [3.05, 3.63) is 28.9 Å². The number of rotatable bonds is 4. The molecule has 0 bridgehead atoms. The molecule has 0 saturated carbocycles. The first-order chi connectivity index (χ1) is 9.10. The van der Waals surface area contributed by atoms with Crippen LogP contribution < -0.4 is 15.8 Å². The van der Waals surface area contributed by atoms with Crippen LogP contribution in [0.3, 0.4) is 0 Å². The first kappa shape index (κ1) is 13.2. The number of aromatic nitrogens is 3. The number of hydrogen-bond donors (Lipinski definition) is 2. The number of nitrogens with zero attached hydrogens (tertiary/aromatic N) is 3. The SMILES string of the molecule is COc1cc(C(=O)NC(C)c2nnc(N)s2)ccn1. The highest BCUT2D eigenvalue weighted by Gasteiger charge is 2.15. The molecule has 7 nitrogen and oxygen atoms in total. The summed E-state index contributed by atoms with van der Waals surface area (Å²) in [6.07, 6.45) is 1.52. The van der Waals surface area contributed by atoms with Crippen molar-refractivity contribution >= 4 is 22.4 Å². The Labute approximate surface area is 113 Å². The molecule has 0 aliphatic rings. The highest BCUT2D eigenvalue weighted by atomic mass is 32.1. The van der Waals surface area contributed by atoms with Crippen molar-refractivity contribution in [3.8, 4) is 5.88 Å². The molecule has 0 aromatic carbocycles. The third-order valence-corrected chi connectivity index (χ3v) is 3.32. The number of nitrogens with two attached hydrogens (primary N) is 1. The van der Waals surface area contributed by atoms with E-state index in [4.69, 9.17) is 10.5 Å². The van der Waals surface area contributed by atoms with Gasteiger partial charge in [-0.25, -0.2) is 4.98 Å². The number of pyridine rings is 1. The standard InChI is InChI=1S/C11H13N5O2S/c1-6(10-15-16-11(12)19-10)14-9(17)7-3-4-13-8(5-7)18-2/h3-6H,1-2H3,(H2,12,16)(H,14,17). The van der Waals surface area contributed by atoms with Gasteiger partial charge in [0, 0.05) is 17.8 Å². The summed E-state index contributed by atoms with van der Waals surface area (Å²) in [6.45, 7) is 1.82. The van der Waals surface area contributed by atoms with Gasteiger partial charge in [-0.15, -0.1) is 10.2 Å². The van der Waals surface area contributed by atoms with Crippen LogP contribution in [0.1, 0.15) is 28.3 Å². The highest BCUT2D eigenvalue weighted by molar-refractivity contribution is 7.15. The number of amides is 1. The lowest BCUT2D eigenvalue weighted by atomic mass is 10.2. The van der Waals surface area contributed by atoms with Crippen molar-refractivity contribution in [3.63, 3.8) is 0 Å². The predicted molar refractivity (Wildman–Crippen MR) is 71.0 cm³/mol. The average molecular weight is 279 g/mol. The third-order valence-electron chi connectivity index (χ3n) is 2.38. The van der Waals surface area contributed by atoms with Gasteiger partial charge in [0.1, 0.15) is 5.01 Å². The van der Waals surface area contributed by atoms with Crippen LogP contribution in [0.2, 0.25) is 0 Å². The van der Waals surface area contributed by atoms with Gasteiger partial charge >= 0.3 is 0 Å². The number of methoxy groups -OCH3 is 1. The van der Waals surface area contributed by atoms with Crippen LogP contribution in [0.5, 0.6) is 5.88 Å². The second-order valence-electron chi connectivity index (χ2n) is 3.76. The summed E-state index contributed by atoms with van der Waals surface area (Å²) in [7, 11) is 1.50. The summed E-state index contributed by atoms with van der Waals surface area (Å²) in [5.74, 6) is 0.155. The molecule has 0 radical (unpaired) electrons. The number of hydrogen-bond acceptors (Lipinski definition) is 7. The Hall–Kier alpha value is -2.22. The number of nitrogen functional groups attached to an aromatic ring is 1. The van der Waals surface area contributed by atoms with Crippen LogP contribution in [0, 0.1) is 0 Å². The van der Waals surface area contributed by atoms with Gasteiger partial charge in [-0.05, 0) is 13.0 Å². The number of nitrogens with one attached hydrogen (secondary N) is 1. The molecule has 3 N–H and O–H groups in total. The van der Waals surface area contributed by atoms with Gasteiger partial charge in [0.25, 0.3) is 5.91 Å². The maximum absolute atomic E-state index is 12.0. The van der Waals surface area contributed by atoms with E-state index < -0.39 is 0 Å². The lowest BCUT2D eigenvalue weighted by Crippen LogP contribution is -2.26. The van der Waals surface area contributed by atoms with E-state index in [1.54, 1.807) is 12.1 Å². The fourth-order valence-corrected chi connectivity index (χ4v) is 2.04. The maximum atomic E-state index is 12.0. The topological polar surface area (TPSA) is 103 Å². The molecule has 2 rings (SSSR count). The van der Waals surface area contributed by atoms with Crippen LogP contribution in [0.4, 0.5) is 5.13 Å². The molecule has 0 saturated heterocycles. The van der Waals surface area contributed by atoms with Gasteiger partial charge in [-0.3, -0.25) is 4.79 Å². The fraction of sp³-hybridized carbons (Fsp3) is 0.273. The van der Waals surface area contributed by atoms with Crippen molar-refractivity contribution in [2.75, 3.05) is 12.8 Å². The Morgan fingerprint density at radius 2 is 2.32 bits per heavy atom. The van der Waals surface area contributed by atoms with E-state index in [1.807, 2.05) is 6.92 Å². The van der Waals surface area contributed by atoms with E-state index in [9.17, 15) is 4.79 Å². The second-order valence-corrected chi connectivity index (χ2v) is 4.80. The summed E-state index contributed by atoms with van der Waals surface area (Å²) in [6, 6.07) is 2.91. The van der Waals surface area contributed by atoms with Gasteiger partial charge < -0.3 is 15.8 Å². The molecule has 2 heterocycles. The molecule has 1 unspecified atom stereocenters. The highest BCUT2D eigenvalue weighted by Crippen LogP contribution is 2.19. The van der Waals surface area contributed by atoms with E-state index in [0.717, 1.165) is 0 Å². The summed E-state index contributed by atoms with van der Waals surface area (Å²) in [5.41, 5.74) is 5.97. The Bertz CT molecular complexity index is 586. The average Bonchev–Trinajstić information content (AvgIpc) is 2.85. The van der Waals surface area contributed by atoms with E-state index in [2.05, 4.69) is 20.5 Å². The van der Waals surface area contributed by atoms with Crippen molar-refractivity contribution in [1.29, 1.82) is 0 Å². The molecule has 100 valence electrons. The van der Waals surface area contributed by atoms with E-state index in [1.165, 1.54) is 24.6 Å². The molecule has 0 fully saturated rings. The zero-order valence-electron chi connectivity index (χ0n) is 10.5. The molecule has 1 amide bonds. The number of anilines is 1. The summed E-state index contributed by atoms with van der Waals surface area (Å²) in [4.78, 5) is 16.0.